The minimum atomic E-state index is -0.282. The first-order chi connectivity index (χ1) is 21.3. The predicted molar refractivity (Wildman–Crippen MR) is 192 cm³/mol. The lowest BCUT2D eigenvalue weighted by atomic mass is 9.64. The molecule has 1 unspecified atom stereocenters. The molecule has 2 rings (SSSR count). The third kappa shape index (κ3) is 17.3. The van der Waals surface area contributed by atoms with Gasteiger partial charge in [0.15, 0.2) is 0 Å². The normalized spacial score (nSPS) is 17.9. The third-order valence-corrected chi connectivity index (χ3v) is 10.2. The second-order valence-corrected chi connectivity index (χ2v) is 15.5. The number of unbranched alkanes of at least 4 members (excludes halogenated alkanes) is 18. The Labute approximate surface area is 274 Å². The van der Waals surface area contributed by atoms with Crippen molar-refractivity contribution in [1.29, 1.82) is 0 Å². The van der Waals surface area contributed by atoms with Crippen molar-refractivity contribution in [2.24, 2.45) is 10.8 Å². The maximum atomic E-state index is 13.1. The van der Waals surface area contributed by atoms with Crippen LogP contribution in [0.25, 0.3) is 0 Å². The summed E-state index contributed by atoms with van der Waals surface area (Å²) >= 11 is 0. The Bertz CT molecular complexity index is 877. The van der Waals surface area contributed by atoms with Gasteiger partial charge in [-0.2, -0.15) is 0 Å². The fourth-order valence-electron chi connectivity index (χ4n) is 7.72. The first kappa shape index (κ1) is 38.7. The van der Waals surface area contributed by atoms with E-state index < -0.39 is 0 Å². The van der Waals surface area contributed by atoms with Crippen molar-refractivity contribution in [3.63, 3.8) is 0 Å². The molecule has 1 aliphatic carbocycles. The van der Waals surface area contributed by atoms with Gasteiger partial charge in [-0.25, -0.2) is 4.79 Å². The Morgan fingerprint density at radius 1 is 0.682 bits per heavy atom. The summed E-state index contributed by atoms with van der Waals surface area (Å²) in [5.74, 6) is 0.789. The van der Waals surface area contributed by atoms with Crippen LogP contribution < -0.4 is 10.1 Å². The summed E-state index contributed by atoms with van der Waals surface area (Å²) in [6, 6.07) is 6.41. The zero-order valence-electron chi connectivity index (χ0n) is 30.1. The van der Waals surface area contributed by atoms with Crippen molar-refractivity contribution < 1.29 is 9.53 Å². The largest absolute Gasteiger partial charge is 0.412 e. The Hall–Kier alpha value is -1.51. The van der Waals surface area contributed by atoms with Crippen LogP contribution in [-0.4, -0.2) is 12.6 Å². The van der Waals surface area contributed by atoms with E-state index in [-0.39, 0.29) is 11.5 Å². The van der Waals surface area contributed by atoms with Gasteiger partial charge in [0, 0.05) is 6.54 Å². The molecule has 1 aromatic carbocycles. The average Bonchev–Trinajstić information content (AvgIpc) is 2.98. The minimum absolute atomic E-state index is 0.150. The van der Waals surface area contributed by atoms with Crippen molar-refractivity contribution >= 4 is 6.09 Å². The van der Waals surface area contributed by atoms with Crippen LogP contribution in [0.3, 0.4) is 0 Å². The highest BCUT2D eigenvalue weighted by molar-refractivity contribution is 5.71. The summed E-state index contributed by atoms with van der Waals surface area (Å²) in [5, 5.41) is 3.16. The highest BCUT2D eigenvalue weighted by Crippen LogP contribution is 2.45. The molecule has 0 radical (unpaired) electrons. The molecule has 0 heterocycles. The summed E-state index contributed by atoms with van der Waals surface area (Å²) < 4.78 is 6.07. The Kier molecular flexibility index (Phi) is 20.1. The van der Waals surface area contributed by atoms with Gasteiger partial charge >= 0.3 is 6.09 Å². The quantitative estimate of drug-likeness (QED) is 0.112. The lowest BCUT2D eigenvalue weighted by Crippen LogP contribution is -2.41. The number of hydrogen-bond acceptors (Lipinski definition) is 2. The zero-order chi connectivity index (χ0) is 31.9. The fraction of sp³-hybridized carbons (Fsp3) is 0.829. The van der Waals surface area contributed by atoms with Gasteiger partial charge in [0.05, 0.1) is 0 Å². The number of carbonyl (C=O) groups is 1. The van der Waals surface area contributed by atoms with Crippen LogP contribution in [0.4, 0.5) is 4.79 Å². The molecule has 0 bridgehead atoms. The smallest absolute Gasteiger partial charge is 0.410 e. The Morgan fingerprint density at radius 3 is 1.70 bits per heavy atom. The number of aryl methyl sites for hydroxylation is 1. The predicted octanol–water partition coefficient (Wildman–Crippen LogP) is 13.3. The molecule has 1 aliphatic rings. The van der Waals surface area contributed by atoms with Crippen molar-refractivity contribution in [2.45, 2.75) is 202 Å². The average molecular weight is 612 g/mol. The number of benzene rings is 1. The number of ether oxygens (including phenoxy) is 1. The van der Waals surface area contributed by atoms with Crippen LogP contribution in [0.2, 0.25) is 0 Å². The van der Waals surface area contributed by atoms with E-state index in [4.69, 9.17) is 4.74 Å². The molecule has 0 saturated heterocycles. The van der Waals surface area contributed by atoms with Crippen molar-refractivity contribution in [1.82, 2.24) is 5.32 Å². The molecule has 1 N–H and O–H groups in total. The van der Waals surface area contributed by atoms with Gasteiger partial charge in [-0.15, -0.1) is 0 Å². The SMILES string of the molecule is CCCCCCCCCCCCc1cccc(OC(=O)NCC2(C)CCCC(C)(C)C2)c1CCCCCCCCCCCC. The van der Waals surface area contributed by atoms with Gasteiger partial charge < -0.3 is 10.1 Å². The molecule has 44 heavy (non-hydrogen) atoms. The molecular weight excluding hydrogens is 538 g/mol. The van der Waals surface area contributed by atoms with Crippen molar-refractivity contribution in [2.75, 3.05) is 6.54 Å². The molecule has 3 nitrogen and oxygen atoms in total. The summed E-state index contributed by atoms with van der Waals surface area (Å²) in [5.41, 5.74) is 3.18. The van der Waals surface area contributed by atoms with Gasteiger partial charge in [-0.1, -0.05) is 169 Å². The molecule has 1 aromatic rings. The van der Waals surface area contributed by atoms with E-state index in [9.17, 15) is 4.79 Å². The second kappa shape index (κ2) is 22.9. The Morgan fingerprint density at radius 2 is 1.18 bits per heavy atom. The van der Waals surface area contributed by atoms with Gasteiger partial charge in [0.1, 0.15) is 5.75 Å². The molecule has 1 amide bonds. The van der Waals surface area contributed by atoms with Gasteiger partial charge in [0.25, 0.3) is 0 Å². The lowest BCUT2D eigenvalue weighted by molar-refractivity contribution is 0.0969. The summed E-state index contributed by atoms with van der Waals surface area (Å²) in [4.78, 5) is 13.1. The minimum Gasteiger partial charge on any atom is -0.410 e. The van der Waals surface area contributed by atoms with Gasteiger partial charge in [-0.05, 0) is 73.0 Å². The summed E-state index contributed by atoms with van der Waals surface area (Å²) in [6.07, 6.45) is 33.7. The molecule has 1 fully saturated rings. The van der Waals surface area contributed by atoms with Crippen molar-refractivity contribution in [3.8, 4) is 5.75 Å². The molecule has 254 valence electrons. The number of amides is 1. The molecule has 0 spiro atoms. The van der Waals surface area contributed by atoms with Crippen LogP contribution in [0.15, 0.2) is 18.2 Å². The number of carbonyl (C=O) groups excluding carboxylic acids is 1. The van der Waals surface area contributed by atoms with Crippen LogP contribution >= 0.6 is 0 Å². The number of nitrogens with one attached hydrogen (secondary N) is 1. The maximum absolute atomic E-state index is 13.1. The van der Waals surface area contributed by atoms with Gasteiger partial charge in [0.2, 0.25) is 0 Å². The van der Waals surface area contributed by atoms with E-state index >= 15 is 0 Å². The Balaban J connectivity index is 1.87. The van der Waals surface area contributed by atoms with E-state index in [0.717, 1.165) is 25.0 Å². The molecule has 1 saturated carbocycles. The van der Waals surface area contributed by atoms with E-state index in [1.54, 1.807) is 0 Å². The molecule has 0 aromatic heterocycles. The van der Waals surface area contributed by atoms with Gasteiger partial charge in [-0.3, -0.25) is 0 Å². The fourth-order valence-corrected chi connectivity index (χ4v) is 7.72. The highest BCUT2D eigenvalue weighted by Gasteiger charge is 2.36. The monoisotopic (exact) mass is 612 g/mol. The highest BCUT2D eigenvalue weighted by atomic mass is 16.6. The van der Waals surface area contributed by atoms with E-state index in [2.05, 4.69) is 52.1 Å². The number of rotatable bonds is 25. The third-order valence-electron chi connectivity index (χ3n) is 10.2. The molecule has 3 heteroatoms. The molecular formula is C41H73NO2. The summed E-state index contributed by atoms with van der Waals surface area (Å²) in [7, 11) is 0. The van der Waals surface area contributed by atoms with E-state index in [0.29, 0.717) is 12.0 Å². The van der Waals surface area contributed by atoms with Crippen LogP contribution in [0, 0.1) is 10.8 Å². The maximum Gasteiger partial charge on any atom is 0.412 e. The lowest BCUT2D eigenvalue weighted by Gasteiger charge is -2.42. The van der Waals surface area contributed by atoms with E-state index in [1.165, 1.54) is 159 Å². The topological polar surface area (TPSA) is 38.3 Å². The molecule has 1 atom stereocenters. The summed E-state index contributed by atoms with van der Waals surface area (Å²) in [6.45, 7) is 12.3. The van der Waals surface area contributed by atoms with Crippen LogP contribution in [0.1, 0.15) is 200 Å². The van der Waals surface area contributed by atoms with Crippen molar-refractivity contribution in [3.05, 3.63) is 29.3 Å². The zero-order valence-corrected chi connectivity index (χ0v) is 30.1. The molecule has 0 aliphatic heterocycles. The second-order valence-electron chi connectivity index (χ2n) is 15.5. The van der Waals surface area contributed by atoms with Crippen LogP contribution in [0.5, 0.6) is 5.75 Å². The standard InChI is InChI=1S/C41H73NO2/c1-6-8-10-12-14-16-18-20-22-24-28-36-29-26-31-38(37(36)30-25-23-21-19-17-15-13-11-9-7-2)44-39(43)42-35-41(5)33-27-32-40(3,4)34-41/h26,29,31H,6-25,27-28,30,32-35H2,1-5H3,(H,42,43). The van der Waals surface area contributed by atoms with E-state index in [1.807, 2.05) is 6.07 Å². The first-order valence-corrected chi connectivity index (χ1v) is 19.3. The van der Waals surface area contributed by atoms with Crippen LogP contribution in [-0.2, 0) is 12.8 Å². The first-order valence-electron chi connectivity index (χ1n) is 19.3. The number of hydrogen-bond donors (Lipinski definition) is 1.